The molecule has 1 aromatic carbocycles. The third-order valence-electron chi connectivity index (χ3n) is 6.20. The largest absolute Gasteiger partial charge is 0.396 e. The first-order valence-electron chi connectivity index (χ1n) is 9.80. The van der Waals surface area contributed by atoms with Crippen LogP contribution in [0, 0.1) is 19.3 Å². The zero-order chi connectivity index (χ0) is 21.7. The van der Waals surface area contributed by atoms with Crippen molar-refractivity contribution in [3.05, 3.63) is 33.9 Å². The Morgan fingerprint density at radius 1 is 1.10 bits per heavy atom. The van der Waals surface area contributed by atoms with Crippen molar-refractivity contribution in [2.45, 2.75) is 70.9 Å². The molecule has 2 aliphatic rings. The number of aryl methyl sites for hydroxylation is 1. The third-order valence-corrected chi connectivity index (χ3v) is 6.20. The molecule has 3 rings (SSSR count). The summed E-state index contributed by atoms with van der Waals surface area (Å²) in [6.45, 7) is 6.65. The molecule has 0 aromatic heterocycles. The van der Waals surface area contributed by atoms with Crippen LogP contribution in [-0.4, -0.2) is 75.2 Å². The molecule has 0 amide bonds. The van der Waals surface area contributed by atoms with Gasteiger partial charge >= 0.3 is 0 Å². The van der Waals surface area contributed by atoms with Gasteiger partial charge in [-0.1, -0.05) is 6.07 Å². The number of aliphatic hydroxyl groups is 5. The number of aliphatic hydroxyl groups excluding tert-OH is 5. The van der Waals surface area contributed by atoms with Crippen LogP contribution in [-0.2, 0) is 15.9 Å². The third kappa shape index (κ3) is 3.53. The molecular formula is C21H30O8. The number of hydrogen-bond acceptors (Lipinski definition) is 8. The second kappa shape index (κ2) is 8.03. The zero-order valence-corrected chi connectivity index (χ0v) is 17.1. The van der Waals surface area contributed by atoms with E-state index >= 15 is 0 Å². The first kappa shape index (κ1) is 22.3. The van der Waals surface area contributed by atoms with Crippen molar-refractivity contribution in [3.8, 4) is 0 Å². The number of fused-ring (bicyclic) bond motifs is 1. The number of ketones is 1. The van der Waals surface area contributed by atoms with E-state index in [1.165, 1.54) is 0 Å². The van der Waals surface area contributed by atoms with Gasteiger partial charge in [-0.15, -0.1) is 0 Å². The molecular weight excluding hydrogens is 380 g/mol. The SMILES string of the molecule is Cc1cc2c(c(C)c1CCO)C(=O)C(C)(C)[C@@H]2O[C@H]1O[C@@H](CO)[C@H](O)[C@@H](O)[C@@H]1O. The summed E-state index contributed by atoms with van der Waals surface area (Å²) in [5.41, 5.74) is 2.88. The van der Waals surface area contributed by atoms with Crippen molar-refractivity contribution in [1.82, 2.24) is 0 Å². The molecule has 0 bridgehead atoms. The van der Waals surface area contributed by atoms with Crippen molar-refractivity contribution < 1.29 is 39.8 Å². The van der Waals surface area contributed by atoms with E-state index in [9.17, 15) is 30.3 Å². The van der Waals surface area contributed by atoms with Gasteiger partial charge in [0.1, 0.15) is 24.4 Å². The topological polar surface area (TPSA) is 137 Å². The van der Waals surface area contributed by atoms with E-state index in [4.69, 9.17) is 9.47 Å². The highest BCUT2D eigenvalue weighted by Gasteiger charge is 2.52. The maximum absolute atomic E-state index is 13.2. The van der Waals surface area contributed by atoms with E-state index in [2.05, 4.69) is 0 Å². The van der Waals surface area contributed by atoms with E-state index in [0.29, 0.717) is 17.5 Å². The number of carbonyl (C=O) groups is 1. The smallest absolute Gasteiger partial charge is 0.187 e. The number of carbonyl (C=O) groups excluding carboxylic acids is 1. The van der Waals surface area contributed by atoms with Crippen molar-refractivity contribution >= 4 is 5.78 Å². The zero-order valence-electron chi connectivity index (χ0n) is 17.1. The lowest BCUT2D eigenvalue weighted by Crippen LogP contribution is -2.59. The summed E-state index contributed by atoms with van der Waals surface area (Å²) in [6.07, 6.45) is -7.31. The van der Waals surface area contributed by atoms with Gasteiger partial charge in [0, 0.05) is 12.2 Å². The van der Waals surface area contributed by atoms with Crippen LogP contribution in [0.5, 0.6) is 0 Å². The number of rotatable bonds is 5. The predicted octanol–water partition coefficient (Wildman–Crippen LogP) is -0.0817. The number of ether oxygens (including phenoxy) is 2. The average Bonchev–Trinajstić information content (AvgIpc) is 2.85. The summed E-state index contributed by atoms with van der Waals surface area (Å²) in [6, 6.07) is 1.86. The standard InChI is InChI=1S/C21H30O8/c1-9-7-12-14(10(2)11(9)5-6-22)18(27)21(3,4)19(12)29-20-17(26)16(25)15(24)13(8-23)28-20/h7,13,15-17,19-20,22-26H,5-6,8H2,1-4H3/t13-,15-,16+,17-,19+,20+/m0/s1. The fourth-order valence-electron chi connectivity index (χ4n) is 4.45. The minimum absolute atomic E-state index is 0.0250. The Hall–Kier alpha value is -1.39. The van der Waals surface area contributed by atoms with Crippen molar-refractivity contribution in [1.29, 1.82) is 0 Å². The summed E-state index contributed by atoms with van der Waals surface area (Å²) >= 11 is 0. The van der Waals surface area contributed by atoms with Gasteiger partial charge in [-0.25, -0.2) is 0 Å². The normalized spacial score (nSPS) is 33.8. The Morgan fingerprint density at radius 3 is 2.34 bits per heavy atom. The molecule has 0 unspecified atom stereocenters. The molecule has 29 heavy (non-hydrogen) atoms. The molecule has 0 saturated carbocycles. The molecule has 0 radical (unpaired) electrons. The van der Waals surface area contributed by atoms with Gasteiger partial charge in [0.05, 0.1) is 18.1 Å². The molecule has 1 heterocycles. The molecule has 1 aliphatic heterocycles. The van der Waals surface area contributed by atoms with Crippen LogP contribution in [0.2, 0.25) is 0 Å². The molecule has 1 aliphatic carbocycles. The number of hydrogen-bond donors (Lipinski definition) is 5. The van der Waals surface area contributed by atoms with Crippen molar-refractivity contribution in [3.63, 3.8) is 0 Å². The fourth-order valence-corrected chi connectivity index (χ4v) is 4.45. The van der Waals surface area contributed by atoms with Crippen molar-refractivity contribution in [2.24, 2.45) is 5.41 Å². The van der Waals surface area contributed by atoms with Crippen molar-refractivity contribution in [2.75, 3.05) is 13.2 Å². The Kier molecular flexibility index (Phi) is 6.18. The molecule has 6 atom stereocenters. The first-order valence-corrected chi connectivity index (χ1v) is 9.80. The van der Waals surface area contributed by atoms with Gasteiger partial charge in [0.25, 0.3) is 0 Å². The molecule has 5 N–H and O–H groups in total. The quantitative estimate of drug-likeness (QED) is 0.455. The maximum atomic E-state index is 13.2. The van der Waals surface area contributed by atoms with Crippen LogP contribution in [0.25, 0.3) is 0 Å². The molecule has 1 fully saturated rings. The van der Waals surface area contributed by atoms with E-state index in [1.807, 2.05) is 19.9 Å². The lowest BCUT2D eigenvalue weighted by molar-refractivity contribution is -0.317. The van der Waals surface area contributed by atoms with Crippen LogP contribution < -0.4 is 0 Å². The second-order valence-corrected chi connectivity index (χ2v) is 8.50. The van der Waals surface area contributed by atoms with Crippen LogP contribution in [0.3, 0.4) is 0 Å². The van der Waals surface area contributed by atoms with E-state index in [1.54, 1.807) is 13.8 Å². The minimum Gasteiger partial charge on any atom is -0.396 e. The highest BCUT2D eigenvalue weighted by atomic mass is 16.7. The molecule has 8 nitrogen and oxygen atoms in total. The van der Waals surface area contributed by atoms with E-state index in [0.717, 1.165) is 16.7 Å². The van der Waals surface area contributed by atoms with Gasteiger partial charge in [-0.3, -0.25) is 4.79 Å². The maximum Gasteiger partial charge on any atom is 0.187 e. The lowest BCUT2D eigenvalue weighted by Gasteiger charge is -2.42. The van der Waals surface area contributed by atoms with Gasteiger partial charge in [-0.2, -0.15) is 0 Å². The lowest BCUT2D eigenvalue weighted by atomic mass is 9.86. The molecule has 1 aromatic rings. The molecule has 1 saturated heterocycles. The summed E-state index contributed by atoms with van der Waals surface area (Å²) in [7, 11) is 0. The summed E-state index contributed by atoms with van der Waals surface area (Å²) in [4.78, 5) is 13.2. The summed E-state index contributed by atoms with van der Waals surface area (Å²) < 4.78 is 11.5. The predicted molar refractivity (Wildman–Crippen MR) is 102 cm³/mol. The highest BCUT2D eigenvalue weighted by molar-refractivity contribution is 6.06. The van der Waals surface area contributed by atoms with E-state index in [-0.39, 0.29) is 12.4 Å². The number of benzene rings is 1. The van der Waals surface area contributed by atoms with Gasteiger partial charge in [-0.05, 0) is 56.4 Å². The number of Topliss-reactive ketones (excluding diaryl/α,β-unsaturated/α-hetero) is 1. The average molecular weight is 410 g/mol. The minimum atomic E-state index is -1.55. The van der Waals surface area contributed by atoms with Gasteiger partial charge in [0.2, 0.25) is 0 Å². The Labute approximate surface area is 169 Å². The molecule has 8 heteroatoms. The Morgan fingerprint density at radius 2 is 1.76 bits per heavy atom. The van der Waals surface area contributed by atoms with Crippen LogP contribution >= 0.6 is 0 Å². The van der Waals surface area contributed by atoms with Gasteiger partial charge in [0.15, 0.2) is 12.1 Å². The second-order valence-electron chi connectivity index (χ2n) is 8.50. The Bertz CT molecular complexity index is 787. The monoisotopic (exact) mass is 410 g/mol. The summed E-state index contributed by atoms with van der Waals surface area (Å²) in [5.74, 6) is -0.112. The molecule has 0 spiro atoms. The van der Waals surface area contributed by atoms with Crippen LogP contribution in [0.15, 0.2) is 6.07 Å². The van der Waals surface area contributed by atoms with Gasteiger partial charge < -0.3 is 35.0 Å². The molecule has 162 valence electrons. The highest BCUT2D eigenvalue weighted by Crippen LogP contribution is 2.50. The summed E-state index contributed by atoms with van der Waals surface area (Å²) in [5, 5.41) is 49.1. The van der Waals surface area contributed by atoms with Crippen LogP contribution in [0.4, 0.5) is 0 Å². The fraction of sp³-hybridized carbons (Fsp3) is 0.667. The Balaban J connectivity index is 2.00. The van der Waals surface area contributed by atoms with E-state index < -0.39 is 48.8 Å². The first-order chi connectivity index (χ1) is 13.6. The van der Waals surface area contributed by atoms with Crippen LogP contribution in [0.1, 0.15) is 52.6 Å².